The summed E-state index contributed by atoms with van der Waals surface area (Å²) in [7, 11) is 0. The van der Waals surface area contributed by atoms with Gasteiger partial charge >= 0.3 is 0 Å². The molecule has 0 aromatic rings. The van der Waals surface area contributed by atoms with Crippen molar-refractivity contribution in [1.82, 2.24) is 4.90 Å². The van der Waals surface area contributed by atoms with Crippen molar-refractivity contribution in [3.8, 4) is 0 Å². The van der Waals surface area contributed by atoms with Gasteiger partial charge in [0.2, 0.25) is 0 Å². The lowest BCUT2D eigenvalue weighted by Crippen LogP contribution is -2.52. The first-order valence-corrected chi connectivity index (χ1v) is 5.74. The molecule has 3 nitrogen and oxygen atoms in total. The fraction of sp³-hybridized carbons (Fsp3) is 1.00. The lowest BCUT2D eigenvalue weighted by Gasteiger charge is -2.40. The molecule has 2 aliphatic heterocycles. The first-order valence-electron chi connectivity index (χ1n) is 5.74. The highest BCUT2D eigenvalue weighted by molar-refractivity contribution is 4.97. The second-order valence-electron chi connectivity index (χ2n) is 5.13. The summed E-state index contributed by atoms with van der Waals surface area (Å²) in [5.74, 6) is 0.824. The highest BCUT2D eigenvalue weighted by atomic mass is 16.6. The molecule has 2 saturated heterocycles. The molecule has 3 fully saturated rings. The number of hydrogen-bond acceptors (Lipinski definition) is 3. The zero-order valence-electron chi connectivity index (χ0n) is 8.87. The number of morpholine rings is 1. The number of hydrogen-bond donors (Lipinski definition) is 0. The van der Waals surface area contributed by atoms with Crippen molar-refractivity contribution in [2.24, 2.45) is 5.92 Å². The molecule has 1 aliphatic carbocycles. The van der Waals surface area contributed by atoms with Gasteiger partial charge < -0.3 is 9.47 Å². The molecule has 14 heavy (non-hydrogen) atoms. The van der Waals surface area contributed by atoms with Gasteiger partial charge in [0.15, 0.2) is 0 Å². The van der Waals surface area contributed by atoms with Gasteiger partial charge in [0.25, 0.3) is 0 Å². The van der Waals surface area contributed by atoms with E-state index in [0.717, 1.165) is 38.8 Å². The van der Waals surface area contributed by atoms with Gasteiger partial charge in [0.1, 0.15) is 0 Å². The van der Waals surface area contributed by atoms with Crippen LogP contribution in [0, 0.1) is 5.92 Å². The predicted octanol–water partition coefficient (Wildman–Crippen LogP) is 0.886. The lowest BCUT2D eigenvalue weighted by atomic mass is 9.98. The van der Waals surface area contributed by atoms with Gasteiger partial charge in [0.05, 0.1) is 24.9 Å². The molecule has 0 radical (unpaired) electrons. The van der Waals surface area contributed by atoms with Crippen LogP contribution in [0.5, 0.6) is 0 Å². The van der Waals surface area contributed by atoms with Crippen molar-refractivity contribution in [3.63, 3.8) is 0 Å². The Morgan fingerprint density at radius 3 is 2.86 bits per heavy atom. The van der Waals surface area contributed by atoms with E-state index in [1.807, 2.05) is 0 Å². The third-order valence-corrected chi connectivity index (χ3v) is 3.68. The highest BCUT2D eigenvalue weighted by Crippen LogP contribution is 2.43. The molecule has 2 heterocycles. The van der Waals surface area contributed by atoms with E-state index in [1.165, 1.54) is 12.8 Å². The molecule has 0 aromatic carbocycles. The average Bonchev–Trinajstić information content (AvgIpc) is 3.00. The number of rotatable bonds is 3. The molecule has 3 rings (SSSR count). The van der Waals surface area contributed by atoms with Crippen molar-refractivity contribution < 1.29 is 9.47 Å². The summed E-state index contributed by atoms with van der Waals surface area (Å²) in [6, 6.07) is 0. The van der Waals surface area contributed by atoms with Gasteiger partial charge in [-0.05, 0) is 25.7 Å². The Balaban J connectivity index is 1.58. The molecule has 80 valence electrons. The second-order valence-corrected chi connectivity index (χ2v) is 5.13. The highest BCUT2D eigenvalue weighted by Gasteiger charge is 2.45. The number of nitrogens with zero attached hydrogens (tertiary/aromatic N) is 1. The van der Waals surface area contributed by atoms with Crippen molar-refractivity contribution in [3.05, 3.63) is 0 Å². The summed E-state index contributed by atoms with van der Waals surface area (Å²) in [4.78, 5) is 2.51. The van der Waals surface area contributed by atoms with Crippen LogP contribution in [0.3, 0.4) is 0 Å². The van der Waals surface area contributed by atoms with Crippen LogP contribution in [-0.4, -0.2) is 49.5 Å². The standard InChI is InChI=1S/C11H19NO2/c1-11(9-2-3-9)8-12(4-5-14-11)6-10-7-13-10/h9-10H,2-8H2,1H3/t10-,11?/m0/s1. The van der Waals surface area contributed by atoms with Crippen LogP contribution in [0.4, 0.5) is 0 Å². The molecule has 3 heteroatoms. The zero-order valence-corrected chi connectivity index (χ0v) is 8.87. The van der Waals surface area contributed by atoms with Crippen molar-refractivity contribution >= 4 is 0 Å². The molecular weight excluding hydrogens is 178 g/mol. The molecule has 0 amide bonds. The Bertz CT molecular complexity index is 225. The van der Waals surface area contributed by atoms with Crippen molar-refractivity contribution in [2.45, 2.75) is 31.5 Å². The van der Waals surface area contributed by atoms with E-state index in [1.54, 1.807) is 0 Å². The largest absolute Gasteiger partial charge is 0.372 e. The third kappa shape index (κ3) is 1.81. The molecule has 1 saturated carbocycles. The van der Waals surface area contributed by atoms with Gasteiger partial charge in [-0.15, -0.1) is 0 Å². The van der Waals surface area contributed by atoms with Crippen molar-refractivity contribution in [2.75, 3.05) is 32.8 Å². The minimum atomic E-state index is 0.146. The molecule has 0 bridgehead atoms. The van der Waals surface area contributed by atoms with E-state index in [0.29, 0.717) is 6.10 Å². The molecule has 3 aliphatic rings. The number of ether oxygens (including phenoxy) is 2. The smallest absolute Gasteiger partial charge is 0.0936 e. The predicted molar refractivity (Wildman–Crippen MR) is 53.3 cm³/mol. The van der Waals surface area contributed by atoms with Gasteiger partial charge in [0, 0.05) is 19.6 Å². The van der Waals surface area contributed by atoms with Crippen LogP contribution in [0.25, 0.3) is 0 Å². The Kier molecular flexibility index (Phi) is 2.08. The maximum Gasteiger partial charge on any atom is 0.0936 e. The molecule has 0 aromatic heterocycles. The quantitative estimate of drug-likeness (QED) is 0.628. The Labute approximate surface area is 85.4 Å². The van der Waals surface area contributed by atoms with E-state index in [2.05, 4.69) is 11.8 Å². The maximum absolute atomic E-state index is 5.94. The van der Waals surface area contributed by atoms with E-state index in [-0.39, 0.29) is 5.60 Å². The number of epoxide rings is 1. The van der Waals surface area contributed by atoms with E-state index in [9.17, 15) is 0 Å². The normalized spacial score (nSPS) is 43.9. The molecule has 0 spiro atoms. The zero-order chi connectivity index (χ0) is 9.60. The summed E-state index contributed by atoms with van der Waals surface area (Å²) in [6.07, 6.45) is 3.26. The van der Waals surface area contributed by atoms with Gasteiger partial charge in [-0.1, -0.05) is 0 Å². The fourth-order valence-electron chi connectivity index (χ4n) is 2.53. The summed E-state index contributed by atoms with van der Waals surface area (Å²) in [6.45, 7) is 7.47. The molecule has 0 N–H and O–H groups in total. The fourth-order valence-corrected chi connectivity index (χ4v) is 2.53. The Morgan fingerprint density at radius 2 is 2.21 bits per heavy atom. The first kappa shape index (κ1) is 9.13. The second kappa shape index (κ2) is 3.19. The van der Waals surface area contributed by atoms with Crippen LogP contribution in [0.1, 0.15) is 19.8 Å². The van der Waals surface area contributed by atoms with Gasteiger partial charge in [-0.2, -0.15) is 0 Å². The summed E-state index contributed by atoms with van der Waals surface area (Å²) < 4.78 is 11.2. The lowest BCUT2D eigenvalue weighted by molar-refractivity contribution is -0.111. The topological polar surface area (TPSA) is 25.0 Å². The monoisotopic (exact) mass is 197 g/mol. The summed E-state index contributed by atoms with van der Waals surface area (Å²) in [5.41, 5.74) is 0.146. The Morgan fingerprint density at radius 1 is 1.43 bits per heavy atom. The maximum atomic E-state index is 5.94. The van der Waals surface area contributed by atoms with Crippen LogP contribution in [0.15, 0.2) is 0 Å². The average molecular weight is 197 g/mol. The molecule has 1 unspecified atom stereocenters. The van der Waals surface area contributed by atoms with Crippen LogP contribution < -0.4 is 0 Å². The Hall–Kier alpha value is -0.120. The minimum Gasteiger partial charge on any atom is -0.372 e. The molecule has 2 atom stereocenters. The summed E-state index contributed by atoms with van der Waals surface area (Å²) >= 11 is 0. The van der Waals surface area contributed by atoms with E-state index >= 15 is 0 Å². The minimum absolute atomic E-state index is 0.146. The van der Waals surface area contributed by atoms with E-state index in [4.69, 9.17) is 9.47 Å². The van der Waals surface area contributed by atoms with Crippen LogP contribution in [-0.2, 0) is 9.47 Å². The third-order valence-electron chi connectivity index (χ3n) is 3.68. The molecular formula is C11H19NO2. The van der Waals surface area contributed by atoms with E-state index < -0.39 is 0 Å². The van der Waals surface area contributed by atoms with Crippen LogP contribution >= 0.6 is 0 Å². The summed E-state index contributed by atoms with van der Waals surface area (Å²) in [5, 5.41) is 0. The SMILES string of the molecule is CC1(C2CC2)CN(C[C@H]2CO2)CCO1. The van der Waals surface area contributed by atoms with Gasteiger partial charge in [-0.25, -0.2) is 0 Å². The van der Waals surface area contributed by atoms with Gasteiger partial charge in [-0.3, -0.25) is 4.90 Å². The van der Waals surface area contributed by atoms with Crippen LogP contribution in [0.2, 0.25) is 0 Å². The van der Waals surface area contributed by atoms with Crippen molar-refractivity contribution in [1.29, 1.82) is 0 Å². The first-order chi connectivity index (χ1) is 6.76.